The second-order valence-electron chi connectivity index (χ2n) is 13.6. The largest absolute Gasteiger partial charge is 0.463 e. The molecule has 2 heterocycles. The second kappa shape index (κ2) is 9.74. The summed E-state index contributed by atoms with van der Waals surface area (Å²) in [6, 6.07) is 3.34. The Bertz CT molecular complexity index is 1160. The zero-order valence-electron chi connectivity index (χ0n) is 23.9. The lowest BCUT2D eigenvalue weighted by atomic mass is 9.44. The van der Waals surface area contributed by atoms with E-state index in [0.717, 1.165) is 69.8 Å². The van der Waals surface area contributed by atoms with Crippen molar-refractivity contribution in [2.45, 2.75) is 128 Å². The molecule has 0 N–H and O–H groups in total. The van der Waals surface area contributed by atoms with E-state index in [4.69, 9.17) is 18.6 Å². The van der Waals surface area contributed by atoms with Crippen molar-refractivity contribution in [2.75, 3.05) is 0 Å². The van der Waals surface area contributed by atoms with Gasteiger partial charge < -0.3 is 18.6 Å². The van der Waals surface area contributed by atoms with Gasteiger partial charge in [-0.1, -0.05) is 33.6 Å². The fourth-order valence-corrected chi connectivity index (χ4v) is 9.96. The molecule has 1 saturated heterocycles. The van der Waals surface area contributed by atoms with Crippen molar-refractivity contribution in [3.05, 3.63) is 34.4 Å². The third kappa shape index (κ3) is 4.12. The van der Waals surface area contributed by atoms with E-state index < -0.39 is 0 Å². The fourth-order valence-electron chi connectivity index (χ4n) is 9.96. The summed E-state index contributed by atoms with van der Waals surface area (Å²) in [6.45, 7) is 8.44. The van der Waals surface area contributed by atoms with Crippen molar-refractivity contribution in [2.24, 2.45) is 28.6 Å². The number of hydrogen-bond donors (Lipinski definition) is 0. The molecule has 1 aromatic heterocycles. The van der Waals surface area contributed by atoms with Gasteiger partial charge in [-0.3, -0.25) is 9.59 Å². The van der Waals surface area contributed by atoms with Crippen molar-refractivity contribution < 1.29 is 29.6 Å². The Balaban J connectivity index is 0.00000323. The van der Waals surface area contributed by atoms with Gasteiger partial charge in [-0.25, -0.2) is 4.79 Å². The molecule has 4 saturated carbocycles. The molecule has 10 atom stereocenters. The molecular weight excluding hydrogens is 496 g/mol. The molecular formula is C32H46O7. The SMILES string of the molecule is CCCCCC(=O)O[C@H]1[C@H]2O[C@]23[C@@H]2CC[C@@H]4C[C@@H](OC(C)=O)CC[C@]4(C)C2CC[C@]3(C)[C@H]1c1ccc(=O)oc1.[HH]. The molecule has 39 heavy (non-hydrogen) atoms. The summed E-state index contributed by atoms with van der Waals surface area (Å²) in [4.78, 5) is 36.5. The van der Waals surface area contributed by atoms with Gasteiger partial charge in [0.25, 0.3) is 0 Å². The molecule has 1 aromatic rings. The van der Waals surface area contributed by atoms with Crippen LogP contribution in [0.2, 0.25) is 0 Å². The van der Waals surface area contributed by atoms with E-state index in [2.05, 4.69) is 20.8 Å². The van der Waals surface area contributed by atoms with Crippen LogP contribution < -0.4 is 5.63 Å². The Morgan fingerprint density at radius 1 is 1.05 bits per heavy atom. The number of unbranched alkanes of at least 4 members (excludes halogenated alkanes) is 2. The van der Waals surface area contributed by atoms with Crippen LogP contribution in [0.5, 0.6) is 0 Å². The quantitative estimate of drug-likeness (QED) is 0.231. The van der Waals surface area contributed by atoms with Crippen molar-refractivity contribution in [3.63, 3.8) is 0 Å². The number of fused-ring (bicyclic) bond motifs is 3. The van der Waals surface area contributed by atoms with E-state index in [9.17, 15) is 14.4 Å². The van der Waals surface area contributed by atoms with E-state index in [-0.39, 0.29) is 59.7 Å². The van der Waals surface area contributed by atoms with Crippen LogP contribution in [0.1, 0.15) is 111 Å². The van der Waals surface area contributed by atoms with E-state index >= 15 is 0 Å². The Morgan fingerprint density at radius 2 is 1.87 bits per heavy atom. The molecule has 6 rings (SSSR count). The monoisotopic (exact) mass is 542 g/mol. The smallest absolute Gasteiger partial charge is 0.335 e. The van der Waals surface area contributed by atoms with E-state index in [0.29, 0.717) is 24.2 Å². The molecule has 1 unspecified atom stereocenters. The van der Waals surface area contributed by atoms with Gasteiger partial charge in [0.05, 0.1) is 6.26 Å². The zero-order chi connectivity index (χ0) is 27.6. The molecule has 7 nitrogen and oxygen atoms in total. The molecule has 4 aliphatic carbocycles. The summed E-state index contributed by atoms with van der Waals surface area (Å²) in [5, 5.41) is 0. The van der Waals surface area contributed by atoms with Gasteiger partial charge in [0.1, 0.15) is 23.9 Å². The number of carbonyl (C=O) groups excluding carboxylic acids is 2. The molecule has 0 radical (unpaired) electrons. The predicted octanol–water partition coefficient (Wildman–Crippen LogP) is 6.18. The van der Waals surface area contributed by atoms with Crippen molar-refractivity contribution in [3.8, 4) is 0 Å². The molecule has 7 heteroatoms. The maximum Gasteiger partial charge on any atom is 0.335 e. The van der Waals surface area contributed by atoms with E-state index in [1.807, 2.05) is 6.07 Å². The Morgan fingerprint density at radius 3 is 2.59 bits per heavy atom. The molecule has 0 bridgehead atoms. The highest BCUT2D eigenvalue weighted by Gasteiger charge is 2.84. The van der Waals surface area contributed by atoms with Crippen molar-refractivity contribution >= 4 is 11.9 Å². The van der Waals surface area contributed by atoms with Gasteiger partial charge in [-0.15, -0.1) is 0 Å². The second-order valence-corrected chi connectivity index (χ2v) is 13.6. The number of ether oxygens (including phenoxy) is 3. The van der Waals surface area contributed by atoms with Gasteiger partial charge in [0, 0.05) is 32.2 Å². The summed E-state index contributed by atoms with van der Waals surface area (Å²) >= 11 is 0. The minimum absolute atomic E-state index is 0. The normalized spacial score (nSPS) is 43.8. The predicted molar refractivity (Wildman–Crippen MR) is 146 cm³/mol. The minimum Gasteiger partial charge on any atom is -0.463 e. The van der Waals surface area contributed by atoms with Crippen molar-refractivity contribution in [1.82, 2.24) is 0 Å². The van der Waals surface area contributed by atoms with Crippen LogP contribution in [0.4, 0.5) is 0 Å². The Hall–Kier alpha value is -2.15. The summed E-state index contributed by atoms with van der Waals surface area (Å²) in [5.41, 5.74) is 0.206. The third-order valence-electron chi connectivity index (χ3n) is 11.7. The van der Waals surface area contributed by atoms with Crippen LogP contribution in [0.25, 0.3) is 0 Å². The van der Waals surface area contributed by atoms with Gasteiger partial charge >= 0.3 is 17.6 Å². The van der Waals surface area contributed by atoms with E-state index in [1.165, 1.54) is 13.0 Å². The fraction of sp³-hybridized carbons (Fsp3) is 0.781. The Labute approximate surface area is 232 Å². The summed E-state index contributed by atoms with van der Waals surface area (Å²) in [7, 11) is 0. The number of hydrogen-bond acceptors (Lipinski definition) is 7. The first-order valence-corrected chi connectivity index (χ1v) is 15.3. The molecule has 0 aromatic carbocycles. The lowest BCUT2D eigenvalue weighted by molar-refractivity contribution is -0.167. The summed E-state index contributed by atoms with van der Waals surface area (Å²) < 4.78 is 24.1. The lowest BCUT2D eigenvalue weighted by Crippen LogP contribution is -2.58. The average molecular weight is 543 g/mol. The Kier molecular flexibility index (Phi) is 6.76. The first-order chi connectivity index (χ1) is 18.6. The van der Waals surface area contributed by atoms with Crippen LogP contribution in [-0.2, 0) is 23.8 Å². The molecule has 216 valence electrons. The van der Waals surface area contributed by atoms with Crippen molar-refractivity contribution in [1.29, 1.82) is 0 Å². The highest BCUT2D eigenvalue weighted by atomic mass is 16.7. The van der Waals surface area contributed by atoms with Gasteiger partial charge in [0.15, 0.2) is 0 Å². The standard InChI is InChI=1S/C32H44O7.H2/c1-5-6-7-8-26(35)38-28-27(20-9-12-25(34)36-18-20)31(4)16-14-23-24(32(31)29(28)39-32)11-10-21-17-22(37-19(2)33)13-15-30(21,23)3;/h9,12,18,21-24,27-29H,5-8,10-11,13-17H2,1-4H3;1H/t21-,22+,23?,24-,27+,28-,29-,30+,31-,32-;/m1./s1. The number of epoxide rings is 1. The molecule has 0 amide bonds. The van der Waals surface area contributed by atoms with Crippen LogP contribution >= 0.6 is 0 Å². The maximum atomic E-state index is 13.0. The zero-order valence-corrected chi connectivity index (χ0v) is 23.9. The lowest BCUT2D eigenvalue weighted by Gasteiger charge is -2.61. The number of carbonyl (C=O) groups is 2. The summed E-state index contributed by atoms with van der Waals surface area (Å²) in [5.74, 6) is 1.07. The number of esters is 2. The third-order valence-corrected chi connectivity index (χ3v) is 11.7. The molecule has 5 aliphatic rings. The average Bonchev–Trinajstić information content (AvgIpc) is 3.59. The first-order valence-electron chi connectivity index (χ1n) is 15.3. The van der Waals surface area contributed by atoms with Crippen LogP contribution in [0.15, 0.2) is 27.6 Å². The molecule has 5 fully saturated rings. The maximum absolute atomic E-state index is 13.0. The summed E-state index contributed by atoms with van der Waals surface area (Å²) in [6.07, 6.45) is 11.7. The van der Waals surface area contributed by atoms with Gasteiger partial charge in [0.2, 0.25) is 0 Å². The van der Waals surface area contributed by atoms with Gasteiger partial charge in [-0.05, 0) is 86.2 Å². The van der Waals surface area contributed by atoms with Crippen LogP contribution in [-0.4, -0.2) is 35.9 Å². The highest BCUT2D eigenvalue weighted by Crippen LogP contribution is 2.78. The van der Waals surface area contributed by atoms with E-state index in [1.54, 1.807) is 6.26 Å². The molecule has 1 aliphatic heterocycles. The highest BCUT2D eigenvalue weighted by molar-refractivity contribution is 5.70. The van der Waals surface area contributed by atoms with Crippen LogP contribution in [0.3, 0.4) is 0 Å². The van der Waals surface area contributed by atoms with Crippen LogP contribution in [0, 0.1) is 28.6 Å². The number of rotatable bonds is 7. The topological polar surface area (TPSA) is 95.3 Å². The van der Waals surface area contributed by atoms with Gasteiger partial charge in [-0.2, -0.15) is 0 Å². The molecule has 1 spiro atoms. The minimum atomic E-state index is -0.374. The first kappa shape index (κ1) is 27.0.